The molecule has 0 saturated carbocycles. The van der Waals surface area contributed by atoms with Crippen molar-refractivity contribution in [3.05, 3.63) is 83.4 Å². The molecule has 2 N–H and O–H groups in total. The van der Waals surface area contributed by atoms with Crippen molar-refractivity contribution in [1.29, 1.82) is 0 Å². The predicted molar refractivity (Wildman–Crippen MR) is 120 cm³/mol. The van der Waals surface area contributed by atoms with Crippen molar-refractivity contribution in [2.75, 3.05) is 19.7 Å². The second-order valence-corrected chi connectivity index (χ2v) is 7.47. The molecule has 2 heterocycles. The summed E-state index contributed by atoms with van der Waals surface area (Å²) in [5.74, 6) is 1.89. The molecule has 30 heavy (non-hydrogen) atoms. The van der Waals surface area contributed by atoms with Crippen LogP contribution in [0.4, 0.5) is 0 Å². The third-order valence-electron chi connectivity index (χ3n) is 5.14. The number of imidazole rings is 1. The van der Waals surface area contributed by atoms with Crippen molar-refractivity contribution in [2.24, 2.45) is 4.99 Å². The van der Waals surface area contributed by atoms with Gasteiger partial charge in [0, 0.05) is 38.4 Å². The normalized spacial score (nSPS) is 13.0. The fourth-order valence-corrected chi connectivity index (χ4v) is 3.65. The molecule has 0 aliphatic carbocycles. The lowest BCUT2D eigenvalue weighted by Crippen LogP contribution is -2.38. The number of hydrogen-bond acceptors (Lipinski definition) is 3. The van der Waals surface area contributed by atoms with Crippen molar-refractivity contribution in [2.45, 2.75) is 32.9 Å². The van der Waals surface area contributed by atoms with Gasteiger partial charge in [0.1, 0.15) is 5.75 Å². The van der Waals surface area contributed by atoms with Crippen LogP contribution in [0.1, 0.15) is 29.2 Å². The molecule has 6 nitrogen and oxygen atoms in total. The fourth-order valence-electron chi connectivity index (χ4n) is 3.65. The van der Waals surface area contributed by atoms with E-state index in [1.165, 1.54) is 22.3 Å². The van der Waals surface area contributed by atoms with E-state index in [1.54, 1.807) is 6.20 Å². The molecule has 2 aromatic carbocycles. The van der Waals surface area contributed by atoms with Crippen molar-refractivity contribution in [3.8, 4) is 5.75 Å². The minimum atomic E-state index is 0.642. The first-order valence-corrected chi connectivity index (χ1v) is 10.6. The Morgan fingerprint density at radius 1 is 1.13 bits per heavy atom. The van der Waals surface area contributed by atoms with E-state index in [9.17, 15) is 0 Å². The molecular weight excluding hydrogens is 374 g/mol. The molecule has 3 aromatic rings. The number of rotatable bonds is 8. The average Bonchev–Trinajstić information content (AvgIpc) is 3.44. The quantitative estimate of drug-likeness (QED) is 0.448. The van der Waals surface area contributed by atoms with Gasteiger partial charge in [-0.15, -0.1) is 0 Å². The van der Waals surface area contributed by atoms with Crippen LogP contribution in [-0.2, 0) is 25.9 Å². The third-order valence-corrected chi connectivity index (χ3v) is 5.14. The molecule has 0 fully saturated rings. The first-order chi connectivity index (χ1) is 14.8. The van der Waals surface area contributed by atoms with Gasteiger partial charge < -0.3 is 19.9 Å². The zero-order valence-corrected chi connectivity index (χ0v) is 17.5. The molecular formula is C24H29N5O. The Morgan fingerprint density at radius 3 is 2.93 bits per heavy atom. The number of benzene rings is 2. The monoisotopic (exact) mass is 403 g/mol. The van der Waals surface area contributed by atoms with E-state index >= 15 is 0 Å². The van der Waals surface area contributed by atoms with Crippen molar-refractivity contribution < 1.29 is 4.74 Å². The SMILES string of the molecule is CCNC(=NCc1cccc(Cn2ccnc2)c1)NCCc1ccc2c(c1)CCO2. The maximum Gasteiger partial charge on any atom is 0.191 e. The van der Waals surface area contributed by atoms with Gasteiger partial charge in [-0.3, -0.25) is 0 Å². The van der Waals surface area contributed by atoms with Crippen LogP contribution < -0.4 is 15.4 Å². The maximum atomic E-state index is 5.59. The van der Waals surface area contributed by atoms with Crippen molar-refractivity contribution >= 4 is 5.96 Å². The number of aromatic nitrogens is 2. The van der Waals surface area contributed by atoms with E-state index < -0.39 is 0 Å². The Labute approximate surface area is 178 Å². The van der Waals surface area contributed by atoms with E-state index in [2.05, 4.69) is 69.6 Å². The highest BCUT2D eigenvalue weighted by atomic mass is 16.5. The van der Waals surface area contributed by atoms with Gasteiger partial charge in [-0.1, -0.05) is 36.4 Å². The van der Waals surface area contributed by atoms with Gasteiger partial charge in [-0.25, -0.2) is 9.98 Å². The molecule has 0 saturated heterocycles. The van der Waals surface area contributed by atoms with Gasteiger partial charge in [0.2, 0.25) is 0 Å². The fraction of sp³-hybridized carbons (Fsp3) is 0.333. The van der Waals surface area contributed by atoms with E-state index in [0.29, 0.717) is 6.54 Å². The van der Waals surface area contributed by atoms with Gasteiger partial charge in [0.25, 0.3) is 0 Å². The predicted octanol–water partition coefficient (Wildman–Crippen LogP) is 3.16. The summed E-state index contributed by atoms with van der Waals surface area (Å²) in [4.78, 5) is 8.87. The largest absolute Gasteiger partial charge is 0.493 e. The Morgan fingerprint density at radius 2 is 2.07 bits per heavy atom. The van der Waals surface area contributed by atoms with Crippen LogP contribution in [0.5, 0.6) is 5.75 Å². The van der Waals surface area contributed by atoms with Crippen LogP contribution in [0.25, 0.3) is 0 Å². The number of aliphatic imine (C=N–C) groups is 1. The summed E-state index contributed by atoms with van der Waals surface area (Å²) in [5.41, 5.74) is 5.10. The summed E-state index contributed by atoms with van der Waals surface area (Å²) in [7, 11) is 0. The Kier molecular flexibility index (Phi) is 6.65. The van der Waals surface area contributed by atoms with Gasteiger partial charge in [-0.2, -0.15) is 0 Å². The summed E-state index contributed by atoms with van der Waals surface area (Å²) < 4.78 is 7.66. The summed E-state index contributed by atoms with van der Waals surface area (Å²) in [6, 6.07) is 15.1. The Balaban J connectivity index is 1.32. The number of fused-ring (bicyclic) bond motifs is 1. The van der Waals surface area contributed by atoms with Crippen molar-refractivity contribution in [3.63, 3.8) is 0 Å². The lowest BCUT2D eigenvalue weighted by Gasteiger charge is -2.12. The zero-order chi connectivity index (χ0) is 20.6. The van der Waals surface area contributed by atoms with Gasteiger partial charge in [-0.05, 0) is 41.7 Å². The summed E-state index contributed by atoms with van der Waals surface area (Å²) in [6.45, 7) is 6.03. The van der Waals surface area contributed by atoms with E-state index in [-0.39, 0.29) is 0 Å². The Bertz CT molecular complexity index is 981. The molecule has 4 rings (SSSR count). The highest BCUT2D eigenvalue weighted by Crippen LogP contribution is 2.25. The minimum absolute atomic E-state index is 0.642. The van der Waals surface area contributed by atoms with E-state index in [4.69, 9.17) is 9.73 Å². The zero-order valence-electron chi connectivity index (χ0n) is 17.5. The van der Waals surface area contributed by atoms with E-state index in [1.807, 2.05) is 12.5 Å². The molecule has 1 aromatic heterocycles. The topological polar surface area (TPSA) is 63.5 Å². The maximum absolute atomic E-state index is 5.59. The third kappa shape index (κ3) is 5.41. The van der Waals surface area contributed by atoms with Crippen LogP contribution in [0, 0.1) is 0 Å². The van der Waals surface area contributed by atoms with Gasteiger partial charge >= 0.3 is 0 Å². The number of nitrogens with one attached hydrogen (secondary N) is 2. The van der Waals surface area contributed by atoms with Gasteiger partial charge in [0.05, 0.1) is 19.5 Å². The van der Waals surface area contributed by atoms with Crippen LogP contribution in [-0.4, -0.2) is 35.2 Å². The molecule has 156 valence electrons. The molecule has 0 bridgehead atoms. The van der Waals surface area contributed by atoms with Crippen LogP contribution in [0.15, 0.2) is 66.2 Å². The number of ether oxygens (including phenoxy) is 1. The highest BCUT2D eigenvalue weighted by Gasteiger charge is 2.11. The molecule has 6 heteroatoms. The summed E-state index contributed by atoms with van der Waals surface area (Å²) in [5, 5.41) is 6.79. The molecule has 0 amide bonds. The molecule has 0 spiro atoms. The Hall–Kier alpha value is -3.28. The van der Waals surface area contributed by atoms with E-state index in [0.717, 1.165) is 50.8 Å². The number of nitrogens with zero attached hydrogens (tertiary/aromatic N) is 3. The second-order valence-electron chi connectivity index (χ2n) is 7.47. The summed E-state index contributed by atoms with van der Waals surface area (Å²) in [6.07, 6.45) is 7.59. The number of hydrogen-bond donors (Lipinski definition) is 2. The molecule has 1 aliphatic rings. The van der Waals surface area contributed by atoms with Crippen LogP contribution >= 0.6 is 0 Å². The first-order valence-electron chi connectivity index (χ1n) is 10.6. The number of guanidine groups is 1. The smallest absolute Gasteiger partial charge is 0.191 e. The van der Waals surface area contributed by atoms with Crippen LogP contribution in [0.3, 0.4) is 0 Å². The summed E-state index contributed by atoms with van der Waals surface area (Å²) >= 11 is 0. The molecule has 1 aliphatic heterocycles. The minimum Gasteiger partial charge on any atom is -0.493 e. The molecule has 0 radical (unpaired) electrons. The first kappa shape index (κ1) is 20.0. The molecule has 0 atom stereocenters. The second kappa shape index (κ2) is 9.96. The lowest BCUT2D eigenvalue weighted by atomic mass is 10.1. The lowest BCUT2D eigenvalue weighted by molar-refractivity contribution is 0.357. The highest BCUT2D eigenvalue weighted by molar-refractivity contribution is 5.79. The van der Waals surface area contributed by atoms with Crippen LogP contribution in [0.2, 0.25) is 0 Å². The van der Waals surface area contributed by atoms with Gasteiger partial charge in [0.15, 0.2) is 5.96 Å². The molecule has 0 unspecified atom stereocenters. The standard InChI is InChI=1S/C24H29N5O/c1-2-26-24(27-10-8-19-6-7-23-22(15-19)9-13-30-23)28-16-20-4-3-5-21(14-20)17-29-12-11-25-18-29/h3-7,11-12,14-15,18H,2,8-10,13,16-17H2,1H3,(H2,26,27,28). The average molecular weight is 404 g/mol. The van der Waals surface area contributed by atoms with Crippen molar-refractivity contribution in [1.82, 2.24) is 20.2 Å².